The zero-order valence-corrected chi connectivity index (χ0v) is 13.8. The SMILES string of the molecule is CCOc1ccc(C(CN(C)C2CCCCC2)NC)cc1. The van der Waals surface area contributed by atoms with Crippen molar-refractivity contribution in [2.45, 2.75) is 51.1 Å². The molecule has 0 spiro atoms. The molecule has 0 saturated heterocycles. The molecular weight excluding hydrogens is 260 g/mol. The lowest BCUT2D eigenvalue weighted by Gasteiger charge is -2.33. The minimum absolute atomic E-state index is 0.382. The van der Waals surface area contributed by atoms with Crippen LogP contribution in [0.4, 0.5) is 0 Å². The predicted octanol–water partition coefficient (Wildman–Crippen LogP) is 3.61. The molecule has 2 rings (SSSR count). The van der Waals surface area contributed by atoms with E-state index in [2.05, 4.69) is 48.6 Å². The number of rotatable bonds is 7. The van der Waals surface area contributed by atoms with Crippen molar-refractivity contribution >= 4 is 0 Å². The molecule has 1 aliphatic carbocycles. The largest absolute Gasteiger partial charge is 0.494 e. The number of hydrogen-bond acceptors (Lipinski definition) is 3. The van der Waals surface area contributed by atoms with Gasteiger partial charge in [0.2, 0.25) is 0 Å². The van der Waals surface area contributed by atoms with E-state index in [4.69, 9.17) is 4.74 Å². The lowest BCUT2D eigenvalue weighted by molar-refractivity contribution is 0.176. The minimum atomic E-state index is 0.382. The number of ether oxygens (including phenoxy) is 1. The van der Waals surface area contributed by atoms with Gasteiger partial charge in [0.15, 0.2) is 0 Å². The Labute approximate surface area is 129 Å². The zero-order valence-electron chi connectivity index (χ0n) is 13.8. The van der Waals surface area contributed by atoms with Crippen LogP contribution in [-0.2, 0) is 0 Å². The van der Waals surface area contributed by atoms with Crippen molar-refractivity contribution < 1.29 is 4.74 Å². The van der Waals surface area contributed by atoms with Crippen LogP contribution in [0.2, 0.25) is 0 Å². The van der Waals surface area contributed by atoms with Crippen molar-refractivity contribution in [3.63, 3.8) is 0 Å². The van der Waals surface area contributed by atoms with Crippen LogP contribution in [0.1, 0.15) is 50.6 Å². The topological polar surface area (TPSA) is 24.5 Å². The summed E-state index contributed by atoms with van der Waals surface area (Å²) in [6.45, 7) is 3.80. The van der Waals surface area contributed by atoms with Crippen LogP contribution >= 0.6 is 0 Å². The number of nitrogens with zero attached hydrogens (tertiary/aromatic N) is 1. The molecule has 0 amide bonds. The molecule has 1 saturated carbocycles. The molecule has 0 heterocycles. The Morgan fingerprint density at radius 1 is 1.19 bits per heavy atom. The van der Waals surface area contributed by atoms with E-state index in [-0.39, 0.29) is 0 Å². The van der Waals surface area contributed by atoms with Gasteiger partial charge in [-0.05, 0) is 51.6 Å². The first-order valence-electron chi connectivity index (χ1n) is 8.35. The number of benzene rings is 1. The smallest absolute Gasteiger partial charge is 0.119 e. The van der Waals surface area contributed by atoms with Gasteiger partial charge in [0.1, 0.15) is 5.75 Å². The van der Waals surface area contributed by atoms with Gasteiger partial charge in [0.05, 0.1) is 6.61 Å². The van der Waals surface area contributed by atoms with E-state index < -0.39 is 0 Å². The highest BCUT2D eigenvalue weighted by Gasteiger charge is 2.21. The van der Waals surface area contributed by atoms with Gasteiger partial charge in [-0.25, -0.2) is 0 Å². The lowest BCUT2D eigenvalue weighted by atomic mass is 9.94. The molecule has 1 N–H and O–H groups in total. The second kappa shape index (κ2) is 8.40. The highest BCUT2D eigenvalue weighted by atomic mass is 16.5. The molecule has 3 heteroatoms. The molecule has 0 aliphatic heterocycles. The fourth-order valence-electron chi connectivity index (χ4n) is 3.29. The minimum Gasteiger partial charge on any atom is -0.494 e. The zero-order chi connectivity index (χ0) is 15.1. The van der Waals surface area contributed by atoms with Gasteiger partial charge in [-0.1, -0.05) is 31.4 Å². The van der Waals surface area contributed by atoms with E-state index in [1.54, 1.807) is 0 Å². The van der Waals surface area contributed by atoms with E-state index in [1.165, 1.54) is 37.7 Å². The molecule has 0 bridgehead atoms. The normalized spacial score (nSPS) is 17.9. The molecule has 1 unspecified atom stereocenters. The van der Waals surface area contributed by atoms with Crippen LogP contribution in [-0.4, -0.2) is 38.2 Å². The molecule has 1 aliphatic rings. The van der Waals surface area contributed by atoms with Crippen LogP contribution in [0.3, 0.4) is 0 Å². The molecule has 0 radical (unpaired) electrons. The Morgan fingerprint density at radius 3 is 2.43 bits per heavy atom. The molecule has 118 valence electrons. The van der Waals surface area contributed by atoms with E-state index in [0.717, 1.165) is 24.9 Å². The highest BCUT2D eigenvalue weighted by molar-refractivity contribution is 5.29. The fraction of sp³-hybridized carbons (Fsp3) is 0.667. The molecular formula is C18H30N2O. The summed E-state index contributed by atoms with van der Waals surface area (Å²) < 4.78 is 5.52. The number of likely N-dealkylation sites (N-methyl/N-ethyl adjacent to an activating group) is 2. The Kier molecular flexibility index (Phi) is 6.52. The lowest BCUT2D eigenvalue weighted by Crippen LogP contribution is -2.39. The first-order chi connectivity index (χ1) is 10.2. The van der Waals surface area contributed by atoms with Gasteiger partial charge < -0.3 is 15.0 Å². The van der Waals surface area contributed by atoms with Crippen molar-refractivity contribution in [1.82, 2.24) is 10.2 Å². The predicted molar refractivity (Wildman–Crippen MR) is 88.9 cm³/mol. The Hall–Kier alpha value is -1.06. The molecule has 21 heavy (non-hydrogen) atoms. The average Bonchev–Trinajstić information content (AvgIpc) is 2.54. The van der Waals surface area contributed by atoms with Crippen LogP contribution in [0.15, 0.2) is 24.3 Å². The van der Waals surface area contributed by atoms with Gasteiger partial charge in [0, 0.05) is 18.6 Å². The summed E-state index contributed by atoms with van der Waals surface area (Å²) in [6, 6.07) is 9.65. The molecule has 1 atom stereocenters. The molecule has 1 fully saturated rings. The summed E-state index contributed by atoms with van der Waals surface area (Å²) in [4.78, 5) is 2.54. The van der Waals surface area contributed by atoms with E-state index in [1.807, 2.05) is 6.92 Å². The van der Waals surface area contributed by atoms with Crippen molar-refractivity contribution in [3.05, 3.63) is 29.8 Å². The van der Waals surface area contributed by atoms with Crippen molar-refractivity contribution in [3.8, 4) is 5.75 Å². The third-order valence-corrected chi connectivity index (χ3v) is 4.61. The fourth-order valence-corrected chi connectivity index (χ4v) is 3.29. The third-order valence-electron chi connectivity index (χ3n) is 4.61. The van der Waals surface area contributed by atoms with Crippen LogP contribution in [0.25, 0.3) is 0 Å². The standard InChI is InChI=1S/C18H30N2O/c1-4-21-17-12-10-15(11-13-17)18(19-2)14-20(3)16-8-6-5-7-9-16/h10-13,16,18-19H,4-9,14H2,1-3H3. The van der Waals surface area contributed by atoms with Crippen LogP contribution < -0.4 is 10.1 Å². The number of nitrogens with one attached hydrogen (secondary N) is 1. The third kappa shape index (κ3) is 4.72. The Bertz CT molecular complexity index is 398. The van der Waals surface area contributed by atoms with Gasteiger partial charge >= 0.3 is 0 Å². The maximum Gasteiger partial charge on any atom is 0.119 e. The summed E-state index contributed by atoms with van der Waals surface area (Å²) in [5, 5.41) is 3.46. The van der Waals surface area contributed by atoms with Crippen molar-refractivity contribution in [2.24, 2.45) is 0 Å². The van der Waals surface area contributed by atoms with E-state index in [0.29, 0.717) is 6.04 Å². The highest BCUT2D eigenvalue weighted by Crippen LogP contribution is 2.24. The second-order valence-electron chi connectivity index (χ2n) is 6.07. The summed E-state index contributed by atoms with van der Waals surface area (Å²) in [7, 11) is 4.32. The van der Waals surface area contributed by atoms with E-state index in [9.17, 15) is 0 Å². The van der Waals surface area contributed by atoms with Gasteiger partial charge in [-0.3, -0.25) is 0 Å². The monoisotopic (exact) mass is 290 g/mol. The maximum atomic E-state index is 5.52. The van der Waals surface area contributed by atoms with Crippen molar-refractivity contribution in [1.29, 1.82) is 0 Å². The first kappa shape index (κ1) is 16.3. The quantitative estimate of drug-likeness (QED) is 0.830. The molecule has 3 nitrogen and oxygen atoms in total. The van der Waals surface area contributed by atoms with Gasteiger partial charge in [-0.15, -0.1) is 0 Å². The molecule has 1 aromatic rings. The summed E-state index contributed by atoms with van der Waals surface area (Å²) in [5.74, 6) is 0.955. The average molecular weight is 290 g/mol. The van der Waals surface area contributed by atoms with Crippen molar-refractivity contribution in [2.75, 3.05) is 27.2 Å². The van der Waals surface area contributed by atoms with E-state index >= 15 is 0 Å². The number of hydrogen-bond donors (Lipinski definition) is 1. The maximum absolute atomic E-state index is 5.52. The van der Waals surface area contributed by atoms with Gasteiger partial charge in [0.25, 0.3) is 0 Å². The summed E-state index contributed by atoms with van der Waals surface area (Å²) in [5.41, 5.74) is 1.34. The van der Waals surface area contributed by atoms with Crippen LogP contribution in [0, 0.1) is 0 Å². The molecule has 1 aromatic carbocycles. The second-order valence-corrected chi connectivity index (χ2v) is 6.07. The summed E-state index contributed by atoms with van der Waals surface area (Å²) >= 11 is 0. The Morgan fingerprint density at radius 2 is 1.86 bits per heavy atom. The first-order valence-corrected chi connectivity index (χ1v) is 8.35. The molecule has 0 aromatic heterocycles. The van der Waals surface area contributed by atoms with Crippen LogP contribution in [0.5, 0.6) is 5.75 Å². The summed E-state index contributed by atoms with van der Waals surface area (Å²) in [6.07, 6.45) is 6.91. The van der Waals surface area contributed by atoms with Gasteiger partial charge in [-0.2, -0.15) is 0 Å². The Balaban J connectivity index is 1.94.